The molecule has 0 bridgehead atoms. The maximum absolute atomic E-state index is 6.10. The Labute approximate surface area is 115 Å². The summed E-state index contributed by atoms with van der Waals surface area (Å²) in [6, 6.07) is 6.42. The average Bonchev–Trinajstić information content (AvgIpc) is 2.83. The topological polar surface area (TPSA) is 53.8 Å². The number of nitrogens with two attached hydrogens (primary N) is 1. The summed E-state index contributed by atoms with van der Waals surface area (Å²) >= 11 is 3.51. The molecule has 2 aromatic rings. The molecule has 0 spiro atoms. The van der Waals surface area contributed by atoms with Gasteiger partial charge in [-0.05, 0) is 43.6 Å². The minimum absolute atomic E-state index is 0.136. The number of hydrogen-bond donors (Lipinski definition) is 3. The third-order valence-electron chi connectivity index (χ3n) is 4.17. The standard InChI is InChI=1S/C14H18BrN3/c15-10-1-2-11-12(8-18-13(11)7-10)14(9-16)3-5-17-6-4-14/h1-2,7-8,17-18H,3-6,9,16H2. The number of piperidine rings is 1. The molecule has 4 N–H and O–H groups in total. The van der Waals surface area contributed by atoms with E-state index in [2.05, 4.69) is 50.6 Å². The number of halogens is 1. The number of benzene rings is 1. The highest BCUT2D eigenvalue weighted by atomic mass is 79.9. The largest absolute Gasteiger partial charge is 0.361 e. The molecule has 1 aliphatic rings. The summed E-state index contributed by atoms with van der Waals surface area (Å²) < 4.78 is 1.11. The third kappa shape index (κ3) is 1.88. The van der Waals surface area contributed by atoms with Crippen LogP contribution in [0.25, 0.3) is 10.9 Å². The van der Waals surface area contributed by atoms with E-state index in [4.69, 9.17) is 5.73 Å². The van der Waals surface area contributed by atoms with Gasteiger partial charge in [0.05, 0.1) is 0 Å². The Morgan fingerprint density at radius 1 is 1.28 bits per heavy atom. The second kappa shape index (κ2) is 4.68. The van der Waals surface area contributed by atoms with Gasteiger partial charge in [0, 0.05) is 33.5 Å². The maximum Gasteiger partial charge on any atom is 0.0468 e. The van der Waals surface area contributed by atoms with Crippen molar-refractivity contribution in [2.24, 2.45) is 5.73 Å². The van der Waals surface area contributed by atoms with E-state index in [9.17, 15) is 0 Å². The number of nitrogens with one attached hydrogen (secondary N) is 2. The Kier molecular flexibility index (Phi) is 3.18. The molecule has 1 fully saturated rings. The van der Waals surface area contributed by atoms with E-state index in [1.54, 1.807) is 0 Å². The molecule has 0 saturated carbocycles. The number of fused-ring (bicyclic) bond motifs is 1. The van der Waals surface area contributed by atoms with E-state index in [0.29, 0.717) is 0 Å². The van der Waals surface area contributed by atoms with Crippen LogP contribution < -0.4 is 11.1 Å². The van der Waals surface area contributed by atoms with E-state index >= 15 is 0 Å². The fourth-order valence-electron chi connectivity index (χ4n) is 3.03. The molecule has 1 aromatic carbocycles. The molecule has 0 atom stereocenters. The van der Waals surface area contributed by atoms with Crippen LogP contribution in [-0.4, -0.2) is 24.6 Å². The van der Waals surface area contributed by atoms with E-state index < -0.39 is 0 Å². The molecule has 0 radical (unpaired) electrons. The van der Waals surface area contributed by atoms with E-state index in [-0.39, 0.29) is 5.41 Å². The van der Waals surface area contributed by atoms with Crippen LogP contribution in [0.3, 0.4) is 0 Å². The highest BCUT2D eigenvalue weighted by molar-refractivity contribution is 9.10. The molecular weight excluding hydrogens is 290 g/mol. The molecule has 0 amide bonds. The normalized spacial score (nSPS) is 19.2. The highest BCUT2D eigenvalue weighted by Crippen LogP contribution is 2.37. The lowest BCUT2D eigenvalue weighted by Crippen LogP contribution is -2.44. The fourth-order valence-corrected chi connectivity index (χ4v) is 3.39. The molecule has 96 valence electrons. The van der Waals surface area contributed by atoms with Crippen molar-refractivity contribution in [1.29, 1.82) is 0 Å². The predicted molar refractivity (Wildman–Crippen MR) is 78.8 cm³/mol. The van der Waals surface area contributed by atoms with Crippen molar-refractivity contribution < 1.29 is 0 Å². The maximum atomic E-state index is 6.10. The van der Waals surface area contributed by atoms with Crippen LogP contribution in [-0.2, 0) is 5.41 Å². The molecule has 1 saturated heterocycles. The minimum Gasteiger partial charge on any atom is -0.361 e. The van der Waals surface area contributed by atoms with Crippen LogP contribution in [0.4, 0.5) is 0 Å². The van der Waals surface area contributed by atoms with Crippen LogP contribution in [0.2, 0.25) is 0 Å². The van der Waals surface area contributed by atoms with Gasteiger partial charge in [0.1, 0.15) is 0 Å². The zero-order valence-corrected chi connectivity index (χ0v) is 11.9. The number of aromatic amines is 1. The third-order valence-corrected chi connectivity index (χ3v) is 4.66. The number of rotatable bonds is 2. The monoisotopic (exact) mass is 307 g/mol. The van der Waals surface area contributed by atoms with Crippen molar-refractivity contribution in [1.82, 2.24) is 10.3 Å². The van der Waals surface area contributed by atoms with Gasteiger partial charge in [0.25, 0.3) is 0 Å². The summed E-state index contributed by atoms with van der Waals surface area (Å²) in [7, 11) is 0. The molecule has 3 rings (SSSR count). The lowest BCUT2D eigenvalue weighted by Gasteiger charge is -2.36. The van der Waals surface area contributed by atoms with Gasteiger partial charge in [-0.1, -0.05) is 22.0 Å². The molecule has 3 nitrogen and oxygen atoms in total. The van der Waals surface area contributed by atoms with Gasteiger partial charge < -0.3 is 16.0 Å². The van der Waals surface area contributed by atoms with Crippen molar-refractivity contribution in [2.75, 3.05) is 19.6 Å². The molecule has 0 unspecified atom stereocenters. The predicted octanol–water partition coefficient (Wildman–Crippen LogP) is 2.51. The van der Waals surface area contributed by atoms with Crippen LogP contribution in [0, 0.1) is 0 Å². The van der Waals surface area contributed by atoms with Crippen molar-refractivity contribution in [3.8, 4) is 0 Å². The van der Waals surface area contributed by atoms with E-state index in [1.165, 1.54) is 16.5 Å². The van der Waals surface area contributed by atoms with Gasteiger partial charge >= 0.3 is 0 Å². The van der Waals surface area contributed by atoms with Crippen LogP contribution >= 0.6 is 15.9 Å². The first-order chi connectivity index (χ1) is 8.75. The number of aromatic nitrogens is 1. The molecule has 1 aromatic heterocycles. The van der Waals surface area contributed by atoms with E-state index in [1.807, 2.05) is 0 Å². The summed E-state index contributed by atoms with van der Waals surface area (Å²) in [6.07, 6.45) is 4.38. The first-order valence-electron chi connectivity index (χ1n) is 6.43. The Bertz CT molecular complexity index is 555. The minimum atomic E-state index is 0.136. The SMILES string of the molecule is NCC1(c2c[nH]c3cc(Br)ccc23)CCNCC1. The summed E-state index contributed by atoms with van der Waals surface area (Å²) in [5.74, 6) is 0. The Morgan fingerprint density at radius 3 is 2.78 bits per heavy atom. The quantitative estimate of drug-likeness (QED) is 0.798. The molecule has 18 heavy (non-hydrogen) atoms. The van der Waals surface area contributed by atoms with Crippen molar-refractivity contribution in [3.63, 3.8) is 0 Å². The van der Waals surface area contributed by atoms with Crippen LogP contribution in [0.15, 0.2) is 28.9 Å². The summed E-state index contributed by atoms with van der Waals surface area (Å²) in [5.41, 5.74) is 8.80. The first kappa shape index (κ1) is 12.2. The van der Waals surface area contributed by atoms with Gasteiger partial charge in [0.2, 0.25) is 0 Å². The highest BCUT2D eigenvalue weighted by Gasteiger charge is 2.34. The molecule has 4 heteroatoms. The van der Waals surface area contributed by atoms with Gasteiger partial charge in [-0.15, -0.1) is 0 Å². The summed E-state index contributed by atoms with van der Waals surface area (Å²) in [6.45, 7) is 2.83. The Balaban J connectivity index is 2.12. The van der Waals surface area contributed by atoms with Gasteiger partial charge in [0.15, 0.2) is 0 Å². The lowest BCUT2D eigenvalue weighted by molar-refractivity contribution is 0.318. The first-order valence-corrected chi connectivity index (χ1v) is 7.22. The molecular formula is C14H18BrN3. The van der Waals surface area contributed by atoms with Gasteiger partial charge in [-0.3, -0.25) is 0 Å². The second-order valence-electron chi connectivity index (χ2n) is 5.13. The molecule has 0 aliphatic carbocycles. The second-order valence-corrected chi connectivity index (χ2v) is 6.04. The van der Waals surface area contributed by atoms with Crippen LogP contribution in [0.5, 0.6) is 0 Å². The van der Waals surface area contributed by atoms with Gasteiger partial charge in [-0.25, -0.2) is 0 Å². The van der Waals surface area contributed by atoms with Crippen molar-refractivity contribution in [2.45, 2.75) is 18.3 Å². The Hall–Kier alpha value is -0.840. The van der Waals surface area contributed by atoms with E-state index in [0.717, 1.165) is 36.9 Å². The summed E-state index contributed by atoms with van der Waals surface area (Å²) in [4.78, 5) is 3.38. The average molecular weight is 308 g/mol. The zero-order valence-electron chi connectivity index (χ0n) is 10.3. The van der Waals surface area contributed by atoms with Crippen molar-refractivity contribution in [3.05, 3.63) is 34.4 Å². The molecule has 1 aliphatic heterocycles. The van der Waals surface area contributed by atoms with Crippen molar-refractivity contribution >= 4 is 26.8 Å². The van der Waals surface area contributed by atoms with Crippen LogP contribution in [0.1, 0.15) is 18.4 Å². The number of H-pyrrole nitrogens is 1. The van der Waals surface area contributed by atoms with Gasteiger partial charge in [-0.2, -0.15) is 0 Å². The zero-order chi connectivity index (χ0) is 12.6. The smallest absolute Gasteiger partial charge is 0.0468 e. The number of hydrogen-bond acceptors (Lipinski definition) is 2. The Morgan fingerprint density at radius 2 is 2.06 bits per heavy atom. The molecule has 2 heterocycles. The fraction of sp³-hybridized carbons (Fsp3) is 0.429. The lowest BCUT2D eigenvalue weighted by atomic mass is 9.73. The summed E-state index contributed by atoms with van der Waals surface area (Å²) in [5, 5.41) is 4.73.